The third-order valence-corrected chi connectivity index (χ3v) is 1.27. The van der Waals surface area contributed by atoms with Crippen molar-refractivity contribution in [3.05, 3.63) is 12.2 Å². The molecule has 0 aliphatic carbocycles. The Morgan fingerprint density at radius 3 is 2.62 bits per heavy atom. The Hall–Kier alpha value is -1.11. The summed E-state index contributed by atoms with van der Waals surface area (Å²) in [6.07, 6.45) is -3.46. The fraction of sp³-hybridized carbons (Fsp3) is 0.667. The maximum atomic E-state index is 12.0. The number of hydrogen-bond acceptors (Lipinski definition) is 3. The average molecular weight is 194 g/mol. The lowest BCUT2D eigenvalue weighted by Crippen LogP contribution is -2.22. The molecule has 1 rings (SSSR count). The first-order valence-electron chi connectivity index (χ1n) is 3.62. The van der Waals surface area contributed by atoms with Crippen LogP contribution in [0.5, 0.6) is 0 Å². The third-order valence-electron chi connectivity index (χ3n) is 1.27. The van der Waals surface area contributed by atoms with E-state index in [9.17, 15) is 13.2 Å². The highest BCUT2D eigenvalue weighted by Crippen LogP contribution is 2.25. The normalized spacial score (nSPS) is 14.5. The third kappa shape index (κ3) is 2.69. The SMILES string of the molecule is CC(N)Cn1cnc(C(F)(F)F)n1. The average Bonchev–Trinajstić information content (AvgIpc) is 2.32. The molecule has 0 aliphatic heterocycles. The monoisotopic (exact) mass is 194 g/mol. The first-order valence-corrected chi connectivity index (χ1v) is 3.62. The summed E-state index contributed by atoms with van der Waals surface area (Å²) >= 11 is 0. The molecule has 2 N–H and O–H groups in total. The molecule has 74 valence electrons. The van der Waals surface area contributed by atoms with E-state index in [-0.39, 0.29) is 12.6 Å². The number of aromatic nitrogens is 3. The van der Waals surface area contributed by atoms with Crippen molar-refractivity contribution in [3.8, 4) is 0 Å². The molecule has 13 heavy (non-hydrogen) atoms. The molecule has 1 unspecified atom stereocenters. The molecule has 0 fully saturated rings. The molecular weight excluding hydrogens is 185 g/mol. The van der Waals surface area contributed by atoms with E-state index in [2.05, 4.69) is 10.1 Å². The van der Waals surface area contributed by atoms with Crippen LogP contribution in [0, 0.1) is 0 Å². The molecule has 0 spiro atoms. The minimum absolute atomic E-state index is 0.225. The summed E-state index contributed by atoms with van der Waals surface area (Å²) in [5.74, 6) is -1.13. The van der Waals surface area contributed by atoms with Gasteiger partial charge >= 0.3 is 6.18 Å². The topological polar surface area (TPSA) is 56.7 Å². The molecule has 0 bridgehead atoms. The number of rotatable bonds is 2. The number of nitrogens with two attached hydrogens (primary N) is 1. The minimum atomic E-state index is -4.48. The van der Waals surface area contributed by atoms with Gasteiger partial charge in [0, 0.05) is 6.04 Å². The van der Waals surface area contributed by atoms with Gasteiger partial charge in [-0.1, -0.05) is 0 Å². The van der Waals surface area contributed by atoms with Gasteiger partial charge in [0.2, 0.25) is 0 Å². The second kappa shape index (κ2) is 3.33. The lowest BCUT2D eigenvalue weighted by Gasteiger charge is -2.03. The van der Waals surface area contributed by atoms with E-state index >= 15 is 0 Å². The van der Waals surface area contributed by atoms with Gasteiger partial charge in [0.15, 0.2) is 0 Å². The van der Waals surface area contributed by atoms with E-state index in [1.165, 1.54) is 0 Å². The number of hydrogen-bond donors (Lipinski definition) is 1. The summed E-state index contributed by atoms with van der Waals surface area (Å²) in [5.41, 5.74) is 5.37. The lowest BCUT2D eigenvalue weighted by atomic mass is 10.4. The van der Waals surface area contributed by atoms with Gasteiger partial charge in [-0.2, -0.15) is 13.2 Å². The van der Waals surface area contributed by atoms with E-state index in [4.69, 9.17) is 5.73 Å². The molecule has 0 saturated heterocycles. The summed E-state index contributed by atoms with van der Waals surface area (Å²) in [6.45, 7) is 1.90. The van der Waals surface area contributed by atoms with E-state index in [0.717, 1.165) is 11.0 Å². The molecule has 0 aromatic carbocycles. The van der Waals surface area contributed by atoms with Gasteiger partial charge in [0.05, 0.1) is 6.54 Å². The standard InChI is InChI=1S/C6H9F3N4/c1-4(10)2-13-3-11-5(12-13)6(7,8)9/h3-4H,2,10H2,1H3. The zero-order chi connectivity index (χ0) is 10.1. The van der Waals surface area contributed by atoms with E-state index in [1.807, 2.05) is 0 Å². The summed E-state index contributed by atoms with van der Waals surface area (Å²) in [7, 11) is 0. The van der Waals surface area contributed by atoms with Crippen LogP contribution >= 0.6 is 0 Å². The van der Waals surface area contributed by atoms with E-state index in [1.54, 1.807) is 6.92 Å². The number of alkyl halides is 3. The van der Waals surface area contributed by atoms with Gasteiger partial charge in [0.1, 0.15) is 6.33 Å². The highest BCUT2D eigenvalue weighted by Gasteiger charge is 2.35. The van der Waals surface area contributed by atoms with E-state index < -0.39 is 12.0 Å². The van der Waals surface area contributed by atoms with Crippen molar-refractivity contribution in [1.82, 2.24) is 14.8 Å². The summed E-state index contributed by atoms with van der Waals surface area (Å²) < 4.78 is 37.0. The van der Waals surface area contributed by atoms with E-state index in [0.29, 0.717) is 0 Å². The quantitative estimate of drug-likeness (QED) is 0.751. The maximum absolute atomic E-state index is 12.0. The molecule has 1 aromatic heterocycles. The molecule has 0 amide bonds. The highest BCUT2D eigenvalue weighted by atomic mass is 19.4. The van der Waals surface area contributed by atoms with Crippen molar-refractivity contribution in [1.29, 1.82) is 0 Å². The van der Waals surface area contributed by atoms with Crippen LogP contribution in [0.4, 0.5) is 13.2 Å². The molecule has 7 heteroatoms. The van der Waals surface area contributed by atoms with Crippen LogP contribution in [0.2, 0.25) is 0 Å². The maximum Gasteiger partial charge on any atom is 0.453 e. The Kier molecular flexibility index (Phi) is 2.55. The van der Waals surface area contributed by atoms with Crippen molar-refractivity contribution < 1.29 is 13.2 Å². The Balaban J connectivity index is 2.75. The second-order valence-corrected chi connectivity index (χ2v) is 2.77. The minimum Gasteiger partial charge on any atom is -0.326 e. The van der Waals surface area contributed by atoms with Crippen molar-refractivity contribution in [3.63, 3.8) is 0 Å². The van der Waals surface area contributed by atoms with Crippen LogP contribution < -0.4 is 5.73 Å². The highest BCUT2D eigenvalue weighted by molar-refractivity contribution is 4.87. The predicted octanol–water partition coefficient (Wildman–Crippen LogP) is 0.644. The van der Waals surface area contributed by atoms with Crippen molar-refractivity contribution in [2.24, 2.45) is 5.73 Å². The predicted molar refractivity (Wildman–Crippen MR) is 38.7 cm³/mol. The van der Waals surface area contributed by atoms with Gasteiger partial charge in [-0.25, -0.2) is 4.98 Å². The molecule has 1 heterocycles. The summed E-state index contributed by atoms with van der Waals surface area (Å²) in [6, 6.07) is -0.247. The number of nitrogens with zero attached hydrogens (tertiary/aromatic N) is 3. The largest absolute Gasteiger partial charge is 0.453 e. The molecular formula is C6H9F3N4. The van der Waals surface area contributed by atoms with Crippen LogP contribution in [0.1, 0.15) is 12.7 Å². The first kappa shape index (κ1) is 9.97. The molecule has 0 radical (unpaired) electrons. The van der Waals surface area contributed by atoms with Crippen molar-refractivity contribution in [2.45, 2.75) is 25.7 Å². The van der Waals surface area contributed by atoms with Gasteiger partial charge in [-0.15, -0.1) is 5.10 Å². The summed E-state index contributed by atoms with van der Waals surface area (Å²) in [4.78, 5) is 3.11. The fourth-order valence-corrected chi connectivity index (χ4v) is 0.808. The van der Waals surface area contributed by atoms with Gasteiger partial charge in [-0.3, -0.25) is 4.68 Å². The zero-order valence-corrected chi connectivity index (χ0v) is 6.91. The molecule has 4 nitrogen and oxygen atoms in total. The Bertz CT molecular complexity index is 278. The smallest absolute Gasteiger partial charge is 0.326 e. The Labute approximate surface area is 72.6 Å². The second-order valence-electron chi connectivity index (χ2n) is 2.77. The first-order chi connectivity index (χ1) is 5.89. The molecule has 0 saturated carbocycles. The molecule has 1 aromatic rings. The van der Waals surface area contributed by atoms with Crippen molar-refractivity contribution >= 4 is 0 Å². The molecule has 0 aliphatic rings. The Morgan fingerprint density at radius 1 is 1.62 bits per heavy atom. The number of halogens is 3. The van der Waals surface area contributed by atoms with Crippen LogP contribution in [0.15, 0.2) is 6.33 Å². The van der Waals surface area contributed by atoms with Crippen LogP contribution in [0.25, 0.3) is 0 Å². The Morgan fingerprint density at radius 2 is 2.23 bits per heavy atom. The van der Waals surface area contributed by atoms with Crippen LogP contribution in [-0.2, 0) is 12.7 Å². The molecule has 1 atom stereocenters. The summed E-state index contributed by atoms with van der Waals surface area (Å²) in [5, 5.41) is 3.22. The zero-order valence-electron chi connectivity index (χ0n) is 6.91. The van der Waals surface area contributed by atoms with Crippen molar-refractivity contribution in [2.75, 3.05) is 0 Å². The van der Waals surface area contributed by atoms with Crippen LogP contribution in [-0.4, -0.2) is 20.8 Å². The van der Waals surface area contributed by atoms with Gasteiger partial charge in [-0.05, 0) is 6.92 Å². The van der Waals surface area contributed by atoms with Gasteiger partial charge < -0.3 is 5.73 Å². The lowest BCUT2D eigenvalue weighted by molar-refractivity contribution is -0.145. The van der Waals surface area contributed by atoms with Crippen LogP contribution in [0.3, 0.4) is 0 Å². The van der Waals surface area contributed by atoms with Gasteiger partial charge in [0.25, 0.3) is 5.82 Å². The fourth-order valence-electron chi connectivity index (χ4n) is 0.808.